The van der Waals surface area contributed by atoms with Crippen LogP contribution < -0.4 is 19.8 Å². The summed E-state index contributed by atoms with van der Waals surface area (Å²) in [7, 11) is 1.66. The third kappa shape index (κ3) is 10.6. The predicted octanol–water partition coefficient (Wildman–Crippen LogP) is 9.58. The fourth-order valence-corrected chi connectivity index (χ4v) is 10.0. The molecule has 1 fully saturated rings. The highest BCUT2D eigenvalue weighted by Gasteiger charge is 2.27. The number of aromatic nitrogens is 1. The van der Waals surface area contributed by atoms with Crippen LogP contribution in [0.2, 0.25) is 5.02 Å². The molecule has 0 radical (unpaired) electrons. The Morgan fingerprint density at radius 1 is 0.873 bits per heavy atom. The van der Waals surface area contributed by atoms with Gasteiger partial charge in [-0.05, 0) is 118 Å². The molecule has 1 saturated heterocycles. The summed E-state index contributed by atoms with van der Waals surface area (Å²) in [6.07, 6.45) is 0.726. The number of hydrogen-bond acceptors (Lipinski definition) is 10. The van der Waals surface area contributed by atoms with Crippen molar-refractivity contribution in [1.29, 1.82) is 0 Å². The van der Waals surface area contributed by atoms with Gasteiger partial charge in [0.2, 0.25) is 0 Å². The number of carboxylic acids is 1. The number of carbonyl (C=O) groups is 1. The number of benzene rings is 5. The van der Waals surface area contributed by atoms with Crippen LogP contribution in [0.1, 0.15) is 22.5 Å². The first-order valence-corrected chi connectivity index (χ1v) is 23.3. The van der Waals surface area contributed by atoms with Gasteiger partial charge in [0.1, 0.15) is 5.69 Å². The van der Waals surface area contributed by atoms with Crippen LogP contribution in [0.3, 0.4) is 0 Å². The first-order valence-electron chi connectivity index (χ1n) is 20.5. The van der Waals surface area contributed by atoms with Crippen molar-refractivity contribution in [3.63, 3.8) is 0 Å². The van der Waals surface area contributed by atoms with Gasteiger partial charge >= 0.3 is 5.97 Å². The minimum Gasteiger partial charge on any atom is -0.478 e. The number of anilines is 4. The van der Waals surface area contributed by atoms with Crippen molar-refractivity contribution < 1.29 is 23.2 Å². The van der Waals surface area contributed by atoms with Gasteiger partial charge < -0.3 is 29.7 Å². The molecule has 1 aliphatic heterocycles. The number of hydrogen-bond donors (Lipinski definition) is 3. The maximum atomic E-state index is 13.6. The first-order chi connectivity index (χ1) is 30.2. The Labute approximate surface area is 377 Å². The highest BCUT2D eigenvalue weighted by atomic mass is 35.5. The fourth-order valence-electron chi connectivity index (χ4n) is 7.82. The fraction of sp³-hybridized carbons (Fsp3) is 0.255. The summed E-state index contributed by atoms with van der Waals surface area (Å²) in [5, 5.41) is 26.5. The molecule has 1 atom stereocenters. The van der Waals surface area contributed by atoms with Crippen LogP contribution in [-0.2, 0) is 17.1 Å². The topological polar surface area (TPSA) is 153 Å². The molecule has 16 heteroatoms. The van der Waals surface area contributed by atoms with Crippen molar-refractivity contribution in [1.82, 2.24) is 9.47 Å². The molecule has 6 aromatic rings. The largest absolute Gasteiger partial charge is 0.478 e. The number of sulfonamides is 1. The maximum Gasteiger partial charge on any atom is 0.338 e. The quantitative estimate of drug-likeness (QED) is 0.0456. The lowest BCUT2D eigenvalue weighted by Crippen LogP contribution is -2.46. The zero-order valence-corrected chi connectivity index (χ0v) is 37.9. The summed E-state index contributed by atoms with van der Waals surface area (Å²) in [5.74, 6) is -0.328. The number of carboxylic acid groups (broad SMARTS) is 1. The molecule has 2 heterocycles. The second-order valence-corrected chi connectivity index (χ2v) is 18.9. The Balaban J connectivity index is 1.01. The number of nitrogens with zero attached hydrogens (tertiary/aromatic N) is 5. The van der Waals surface area contributed by atoms with Crippen LogP contribution in [0.15, 0.2) is 131 Å². The molecular weight excluding hydrogens is 858 g/mol. The van der Waals surface area contributed by atoms with Crippen LogP contribution in [-0.4, -0.2) is 92.5 Å². The molecule has 7 rings (SSSR count). The van der Waals surface area contributed by atoms with E-state index in [0.29, 0.717) is 53.9 Å². The highest BCUT2D eigenvalue weighted by Crippen LogP contribution is 2.40. The van der Waals surface area contributed by atoms with Crippen LogP contribution in [0.4, 0.5) is 28.4 Å². The number of thioether (sulfide) groups is 1. The molecule has 0 saturated carbocycles. The van der Waals surface area contributed by atoms with E-state index in [1.807, 2.05) is 111 Å². The summed E-state index contributed by atoms with van der Waals surface area (Å²) < 4.78 is 31.7. The monoisotopic (exact) mass is 907 g/mol. The number of nitro groups is 1. The minimum atomic E-state index is -4.16. The van der Waals surface area contributed by atoms with E-state index in [2.05, 4.69) is 24.7 Å². The van der Waals surface area contributed by atoms with Crippen molar-refractivity contribution in [2.75, 3.05) is 72.4 Å². The zero-order chi connectivity index (χ0) is 44.8. The zero-order valence-electron chi connectivity index (χ0n) is 35.5. The third-order valence-electron chi connectivity index (χ3n) is 11.2. The predicted molar refractivity (Wildman–Crippen MR) is 256 cm³/mol. The van der Waals surface area contributed by atoms with Crippen LogP contribution in [0.25, 0.3) is 22.4 Å². The Kier molecular flexibility index (Phi) is 14.0. The van der Waals surface area contributed by atoms with Gasteiger partial charge in [-0.2, -0.15) is 0 Å². The van der Waals surface area contributed by atoms with E-state index in [4.69, 9.17) is 11.6 Å². The minimum absolute atomic E-state index is 0.114. The van der Waals surface area contributed by atoms with Crippen LogP contribution >= 0.6 is 23.4 Å². The Morgan fingerprint density at radius 2 is 1.54 bits per heavy atom. The SMILES string of the molecule is Cc1c(C(=O)O)c(-c2cccc(N3CCN(c4ccc(NS(=O)(=O)c5ccc(NC(CCN(C)C)CSc6ccccc6)c([N+](=O)[O-])c5)cc4)CC3)c2)c(-c2ccc(Cl)cc2)n1C. The van der Waals surface area contributed by atoms with Gasteiger partial charge in [0.25, 0.3) is 15.7 Å². The van der Waals surface area contributed by atoms with E-state index >= 15 is 0 Å². The third-order valence-corrected chi connectivity index (χ3v) is 14.0. The molecule has 0 aliphatic carbocycles. The first kappa shape index (κ1) is 45.0. The lowest BCUT2D eigenvalue weighted by atomic mass is 9.96. The molecule has 13 nitrogen and oxygen atoms in total. The van der Waals surface area contributed by atoms with Gasteiger partial charge in [-0.1, -0.05) is 54.1 Å². The van der Waals surface area contributed by atoms with Crippen molar-refractivity contribution in [3.8, 4) is 22.4 Å². The number of rotatable bonds is 17. The van der Waals surface area contributed by atoms with E-state index < -0.39 is 20.9 Å². The molecule has 1 aliphatic rings. The normalized spacial score (nSPS) is 13.6. The van der Waals surface area contributed by atoms with Crippen LogP contribution in [0.5, 0.6) is 0 Å². The molecule has 1 aromatic heterocycles. The van der Waals surface area contributed by atoms with Gasteiger partial charge in [0.05, 0.1) is 21.1 Å². The number of piperazine rings is 1. The number of aromatic carboxylic acids is 1. The van der Waals surface area contributed by atoms with Gasteiger partial charge in [0.15, 0.2) is 0 Å². The lowest BCUT2D eigenvalue weighted by Gasteiger charge is -2.37. The van der Waals surface area contributed by atoms with E-state index in [1.54, 1.807) is 36.0 Å². The Hall–Kier alpha value is -6.00. The summed E-state index contributed by atoms with van der Waals surface area (Å²) in [4.78, 5) is 31.8. The molecule has 3 N–H and O–H groups in total. The average Bonchev–Trinajstić information content (AvgIpc) is 3.54. The second kappa shape index (κ2) is 19.6. The van der Waals surface area contributed by atoms with Gasteiger partial charge in [-0.15, -0.1) is 11.8 Å². The Bertz CT molecular complexity index is 2690. The van der Waals surface area contributed by atoms with Crippen molar-refractivity contribution in [2.45, 2.75) is 29.2 Å². The van der Waals surface area contributed by atoms with Crippen LogP contribution in [0, 0.1) is 17.0 Å². The molecule has 0 amide bonds. The summed E-state index contributed by atoms with van der Waals surface area (Å²) >= 11 is 7.84. The molecule has 0 spiro atoms. The summed E-state index contributed by atoms with van der Waals surface area (Å²) in [6, 6.07) is 36.2. The van der Waals surface area contributed by atoms with Gasteiger partial charge in [-0.25, -0.2) is 13.2 Å². The summed E-state index contributed by atoms with van der Waals surface area (Å²) in [6.45, 7) is 5.38. The highest BCUT2D eigenvalue weighted by molar-refractivity contribution is 7.99. The number of halogens is 1. The average molecular weight is 909 g/mol. The molecule has 63 heavy (non-hydrogen) atoms. The van der Waals surface area contributed by atoms with Crippen molar-refractivity contribution in [2.24, 2.45) is 7.05 Å². The number of nitrogens with one attached hydrogen (secondary N) is 2. The maximum absolute atomic E-state index is 13.6. The smallest absolute Gasteiger partial charge is 0.338 e. The van der Waals surface area contributed by atoms with Gasteiger partial charge in [0, 0.05) is 89.3 Å². The van der Waals surface area contributed by atoms with Crippen molar-refractivity contribution in [3.05, 3.63) is 148 Å². The Morgan fingerprint density at radius 3 is 2.17 bits per heavy atom. The summed E-state index contributed by atoms with van der Waals surface area (Å²) in [5.41, 5.74) is 6.21. The van der Waals surface area contributed by atoms with E-state index in [9.17, 15) is 28.4 Å². The van der Waals surface area contributed by atoms with Crippen molar-refractivity contribution >= 4 is 67.8 Å². The van der Waals surface area contributed by atoms with E-state index in [1.165, 1.54) is 12.1 Å². The lowest BCUT2D eigenvalue weighted by molar-refractivity contribution is -0.384. The number of nitro benzene ring substituents is 1. The molecule has 1 unspecified atom stereocenters. The molecule has 5 aromatic carbocycles. The second-order valence-electron chi connectivity index (χ2n) is 15.7. The van der Waals surface area contributed by atoms with E-state index in [0.717, 1.165) is 52.1 Å². The molecular formula is C47H50ClN7O6S2. The van der Waals surface area contributed by atoms with E-state index in [-0.39, 0.29) is 27.9 Å². The standard InChI is InChI=1S/C47H50ClN7O6S2/c1-32-44(47(56)57)45(46(52(32)4)33-13-15-35(48)16-14-33)34-9-8-10-39(29-34)54-27-25-53(26-28-54)38-19-17-36(18-20-38)50-63(60,61)41-21-22-42(43(30-41)55(58)59)49-37(23-24-51(2)3)31-62-40-11-6-5-7-12-40/h5-22,29-30,37,49-50H,23-28,31H2,1-4H3,(H,56,57). The van der Waals surface area contributed by atoms with Gasteiger partial charge in [-0.3, -0.25) is 14.8 Å². The molecule has 328 valence electrons. The molecule has 0 bridgehead atoms.